The number of carbonyl (C=O) groups is 1. The number of amides is 1. The average molecular weight is 324 g/mol. The van der Waals surface area contributed by atoms with Gasteiger partial charge in [-0.1, -0.05) is 6.92 Å². The van der Waals surface area contributed by atoms with Crippen molar-refractivity contribution in [2.24, 2.45) is 0 Å². The lowest BCUT2D eigenvalue weighted by Crippen LogP contribution is -2.38. The maximum atomic E-state index is 12.1. The lowest BCUT2D eigenvalue weighted by Gasteiger charge is -2.25. The topological polar surface area (TPSA) is 41.6 Å². The molecule has 2 heterocycles. The van der Waals surface area contributed by atoms with Gasteiger partial charge in [-0.25, -0.2) is 4.79 Å². The van der Waals surface area contributed by atoms with Gasteiger partial charge in [0.1, 0.15) is 5.60 Å². The normalized spacial score (nSPS) is 20.2. The third kappa shape index (κ3) is 4.71. The number of ether oxygens (including phenoxy) is 1. The smallest absolute Gasteiger partial charge is 0.410 e. The van der Waals surface area contributed by atoms with Gasteiger partial charge in [0.2, 0.25) is 0 Å². The highest BCUT2D eigenvalue weighted by Gasteiger charge is 2.30. The number of hydrogen-bond donors (Lipinski definition) is 1. The van der Waals surface area contributed by atoms with Crippen molar-refractivity contribution in [1.29, 1.82) is 0 Å². The molecule has 2 atom stereocenters. The summed E-state index contributed by atoms with van der Waals surface area (Å²) in [6, 6.07) is 5.09. The molecule has 2 rings (SSSR count). The number of nitrogens with zero attached hydrogens (tertiary/aromatic N) is 1. The van der Waals surface area contributed by atoms with E-state index in [9.17, 15) is 4.79 Å². The van der Waals surface area contributed by atoms with Crippen LogP contribution in [0.25, 0.3) is 0 Å². The summed E-state index contributed by atoms with van der Waals surface area (Å²) >= 11 is 1.87. The number of aryl methyl sites for hydroxylation is 1. The predicted octanol–water partition coefficient (Wildman–Crippen LogP) is 3.97. The number of nitrogens with one attached hydrogen (secondary N) is 1. The van der Waals surface area contributed by atoms with Crippen LogP contribution in [0.3, 0.4) is 0 Å². The van der Waals surface area contributed by atoms with Crippen molar-refractivity contribution in [2.75, 3.05) is 13.1 Å². The van der Waals surface area contributed by atoms with Crippen LogP contribution in [0.2, 0.25) is 0 Å². The lowest BCUT2D eigenvalue weighted by molar-refractivity contribution is 0.0290. The number of likely N-dealkylation sites (tertiary alicyclic amines) is 1. The van der Waals surface area contributed by atoms with Crippen molar-refractivity contribution in [3.8, 4) is 0 Å². The van der Waals surface area contributed by atoms with Crippen LogP contribution in [0, 0.1) is 0 Å². The van der Waals surface area contributed by atoms with Gasteiger partial charge in [0.25, 0.3) is 0 Å². The molecule has 1 N–H and O–H groups in total. The Morgan fingerprint density at radius 3 is 2.82 bits per heavy atom. The molecule has 124 valence electrons. The molecule has 5 heteroatoms. The molecule has 2 unspecified atom stereocenters. The summed E-state index contributed by atoms with van der Waals surface area (Å²) in [7, 11) is 0. The summed E-state index contributed by atoms with van der Waals surface area (Å²) in [5, 5.41) is 3.64. The van der Waals surface area contributed by atoms with Gasteiger partial charge < -0.3 is 15.0 Å². The molecule has 0 radical (unpaired) electrons. The van der Waals surface area contributed by atoms with Gasteiger partial charge in [-0.3, -0.25) is 0 Å². The van der Waals surface area contributed by atoms with E-state index in [1.165, 1.54) is 9.75 Å². The molecular formula is C17H28N2O2S. The first-order valence-corrected chi connectivity index (χ1v) is 8.92. The molecule has 1 aliphatic rings. The van der Waals surface area contributed by atoms with Crippen LogP contribution >= 0.6 is 11.3 Å². The Morgan fingerprint density at radius 1 is 1.50 bits per heavy atom. The predicted molar refractivity (Wildman–Crippen MR) is 91.5 cm³/mol. The molecule has 0 aliphatic carbocycles. The van der Waals surface area contributed by atoms with Crippen LogP contribution < -0.4 is 5.32 Å². The van der Waals surface area contributed by atoms with Gasteiger partial charge in [-0.05, 0) is 52.7 Å². The summed E-state index contributed by atoms with van der Waals surface area (Å²) in [6.45, 7) is 11.6. The van der Waals surface area contributed by atoms with Gasteiger partial charge >= 0.3 is 6.09 Å². The summed E-state index contributed by atoms with van der Waals surface area (Å²) in [6.07, 6.45) is 1.87. The fraction of sp³-hybridized carbons (Fsp3) is 0.706. The van der Waals surface area contributed by atoms with E-state index in [1.54, 1.807) is 0 Å². The highest BCUT2D eigenvalue weighted by molar-refractivity contribution is 7.12. The maximum absolute atomic E-state index is 12.1. The second-order valence-electron chi connectivity index (χ2n) is 6.96. The zero-order valence-corrected chi connectivity index (χ0v) is 15.1. The summed E-state index contributed by atoms with van der Waals surface area (Å²) in [5.74, 6) is 0. The molecule has 1 amide bonds. The number of carbonyl (C=O) groups excluding carboxylic acids is 1. The van der Waals surface area contributed by atoms with E-state index < -0.39 is 5.60 Å². The first-order chi connectivity index (χ1) is 10.3. The molecule has 22 heavy (non-hydrogen) atoms. The molecule has 0 spiro atoms. The van der Waals surface area contributed by atoms with Crippen molar-refractivity contribution in [2.45, 2.75) is 65.1 Å². The summed E-state index contributed by atoms with van der Waals surface area (Å²) < 4.78 is 5.44. The van der Waals surface area contributed by atoms with E-state index in [4.69, 9.17) is 4.74 Å². The molecule has 4 nitrogen and oxygen atoms in total. The maximum Gasteiger partial charge on any atom is 0.410 e. The minimum absolute atomic E-state index is 0.200. The second-order valence-corrected chi connectivity index (χ2v) is 8.16. The molecule has 1 aliphatic heterocycles. The third-order valence-electron chi connectivity index (χ3n) is 3.78. The van der Waals surface area contributed by atoms with Crippen LogP contribution in [0.4, 0.5) is 4.79 Å². The molecule has 1 aromatic rings. The zero-order valence-electron chi connectivity index (χ0n) is 14.3. The molecule has 1 aromatic heterocycles. The Balaban J connectivity index is 1.84. The fourth-order valence-electron chi connectivity index (χ4n) is 2.64. The van der Waals surface area contributed by atoms with E-state index >= 15 is 0 Å². The van der Waals surface area contributed by atoms with Crippen LogP contribution in [-0.4, -0.2) is 35.7 Å². The van der Waals surface area contributed by atoms with Crippen LogP contribution in [-0.2, 0) is 11.2 Å². The number of rotatable bonds is 4. The SMILES string of the molecule is CCc1ccc(C(C)NC2CCN(C(=O)OC(C)(C)C)C2)s1. The fourth-order valence-corrected chi connectivity index (χ4v) is 3.61. The summed E-state index contributed by atoms with van der Waals surface area (Å²) in [5.41, 5.74) is -0.427. The molecule has 1 fully saturated rings. The Morgan fingerprint density at radius 2 is 2.23 bits per heavy atom. The first-order valence-electron chi connectivity index (χ1n) is 8.11. The van der Waals surface area contributed by atoms with Gasteiger partial charge in [0, 0.05) is 34.9 Å². The van der Waals surface area contributed by atoms with E-state index in [0.29, 0.717) is 12.1 Å². The van der Waals surface area contributed by atoms with E-state index in [1.807, 2.05) is 37.0 Å². The second kappa shape index (κ2) is 7.01. The number of hydrogen-bond acceptors (Lipinski definition) is 4. The molecule has 0 saturated carbocycles. The van der Waals surface area contributed by atoms with Crippen molar-refractivity contribution in [3.63, 3.8) is 0 Å². The third-order valence-corrected chi connectivity index (χ3v) is 5.20. The van der Waals surface area contributed by atoms with Crippen LogP contribution in [0.5, 0.6) is 0 Å². The van der Waals surface area contributed by atoms with E-state index in [0.717, 1.165) is 25.9 Å². The molecule has 1 saturated heterocycles. The van der Waals surface area contributed by atoms with Crippen molar-refractivity contribution >= 4 is 17.4 Å². The summed E-state index contributed by atoms with van der Waals surface area (Å²) in [4.78, 5) is 16.7. The highest BCUT2D eigenvalue weighted by Crippen LogP contribution is 2.25. The van der Waals surface area contributed by atoms with Gasteiger partial charge in [-0.2, -0.15) is 0 Å². The Bertz CT molecular complexity index is 507. The van der Waals surface area contributed by atoms with Gasteiger partial charge in [0.05, 0.1) is 0 Å². The lowest BCUT2D eigenvalue weighted by atomic mass is 10.2. The minimum atomic E-state index is -0.427. The van der Waals surface area contributed by atoms with Crippen molar-refractivity contribution in [1.82, 2.24) is 10.2 Å². The molecular weight excluding hydrogens is 296 g/mol. The largest absolute Gasteiger partial charge is 0.444 e. The monoisotopic (exact) mass is 324 g/mol. The average Bonchev–Trinajstić information content (AvgIpc) is 3.05. The van der Waals surface area contributed by atoms with Crippen LogP contribution in [0.15, 0.2) is 12.1 Å². The minimum Gasteiger partial charge on any atom is -0.444 e. The Kier molecular flexibility index (Phi) is 5.50. The first kappa shape index (κ1) is 17.3. The Labute approximate surface area is 137 Å². The van der Waals surface area contributed by atoms with E-state index in [2.05, 4.69) is 31.3 Å². The van der Waals surface area contributed by atoms with Crippen LogP contribution in [0.1, 0.15) is 56.8 Å². The van der Waals surface area contributed by atoms with E-state index in [-0.39, 0.29) is 6.09 Å². The van der Waals surface area contributed by atoms with Gasteiger partial charge in [0.15, 0.2) is 0 Å². The standard InChI is InChI=1S/C17H28N2O2S/c1-6-14-7-8-15(22-14)12(2)18-13-9-10-19(11-13)16(20)21-17(3,4)5/h7-8,12-13,18H,6,9-11H2,1-5H3. The highest BCUT2D eigenvalue weighted by atomic mass is 32.1. The van der Waals surface area contributed by atoms with Crippen molar-refractivity contribution in [3.05, 3.63) is 21.9 Å². The van der Waals surface area contributed by atoms with Crippen molar-refractivity contribution < 1.29 is 9.53 Å². The Hall–Kier alpha value is -1.07. The molecule has 0 aromatic carbocycles. The zero-order chi connectivity index (χ0) is 16.3. The molecule has 0 bridgehead atoms. The number of thiophene rings is 1. The quantitative estimate of drug-likeness (QED) is 0.911. The van der Waals surface area contributed by atoms with Gasteiger partial charge in [-0.15, -0.1) is 11.3 Å².